The van der Waals surface area contributed by atoms with Gasteiger partial charge in [-0.05, 0) is 11.6 Å². The molecule has 4 N–H and O–H groups in total. The van der Waals surface area contributed by atoms with Crippen molar-refractivity contribution < 1.29 is 15.0 Å². The molecule has 0 amide bonds. The van der Waals surface area contributed by atoms with E-state index in [1.807, 2.05) is 0 Å². The second kappa shape index (κ2) is 5.32. The lowest BCUT2D eigenvalue weighted by molar-refractivity contribution is -0.137. The van der Waals surface area contributed by atoms with Gasteiger partial charge in [0.1, 0.15) is 5.75 Å². The summed E-state index contributed by atoms with van der Waals surface area (Å²) in [6.07, 6.45) is 1.35. The van der Waals surface area contributed by atoms with Crippen LogP contribution in [0.1, 0.15) is 17.9 Å². The lowest BCUT2D eigenvalue weighted by Gasteiger charge is -2.20. The second-order valence-electron chi connectivity index (χ2n) is 3.58. The molecule has 86 valence electrons. The van der Waals surface area contributed by atoms with Crippen LogP contribution in [0.4, 0.5) is 0 Å². The van der Waals surface area contributed by atoms with E-state index < -0.39 is 17.9 Å². The first-order chi connectivity index (χ1) is 7.56. The van der Waals surface area contributed by atoms with Gasteiger partial charge in [-0.15, -0.1) is 6.58 Å². The monoisotopic (exact) mass is 221 g/mol. The standard InChI is InChI=1S/C12H15NO3/c1-2-10(13)9(7-12(15)16)8-5-3-4-6-11(8)14/h2-6,9-10,14H,1,7,13H2,(H,15,16). The zero-order chi connectivity index (χ0) is 12.1. The molecule has 0 aliphatic heterocycles. The van der Waals surface area contributed by atoms with E-state index in [2.05, 4.69) is 6.58 Å². The molecule has 0 saturated heterocycles. The van der Waals surface area contributed by atoms with E-state index in [4.69, 9.17) is 10.8 Å². The largest absolute Gasteiger partial charge is 0.508 e. The number of nitrogens with two attached hydrogens (primary N) is 1. The summed E-state index contributed by atoms with van der Waals surface area (Å²) in [5.74, 6) is -1.35. The number of para-hydroxylation sites is 1. The third-order valence-corrected chi connectivity index (χ3v) is 2.47. The van der Waals surface area contributed by atoms with Crippen LogP contribution in [0, 0.1) is 0 Å². The van der Waals surface area contributed by atoms with Crippen LogP contribution in [0.2, 0.25) is 0 Å². The first-order valence-corrected chi connectivity index (χ1v) is 4.94. The molecule has 2 atom stereocenters. The van der Waals surface area contributed by atoms with E-state index >= 15 is 0 Å². The Morgan fingerprint density at radius 2 is 2.12 bits per heavy atom. The number of carboxylic acids is 1. The number of hydrogen-bond acceptors (Lipinski definition) is 3. The number of aromatic hydroxyl groups is 1. The Balaban J connectivity index is 3.05. The number of hydrogen-bond donors (Lipinski definition) is 3. The predicted molar refractivity (Wildman–Crippen MR) is 61.3 cm³/mol. The molecule has 1 aromatic carbocycles. The van der Waals surface area contributed by atoms with E-state index in [9.17, 15) is 9.90 Å². The number of carbonyl (C=O) groups is 1. The van der Waals surface area contributed by atoms with Crippen molar-refractivity contribution in [1.82, 2.24) is 0 Å². The van der Waals surface area contributed by atoms with Gasteiger partial charge < -0.3 is 15.9 Å². The summed E-state index contributed by atoms with van der Waals surface area (Å²) in [7, 11) is 0. The molecular formula is C12H15NO3. The Labute approximate surface area is 94.0 Å². The molecule has 0 bridgehead atoms. The van der Waals surface area contributed by atoms with Crippen LogP contribution >= 0.6 is 0 Å². The summed E-state index contributed by atoms with van der Waals surface area (Å²) in [4.78, 5) is 10.7. The van der Waals surface area contributed by atoms with Gasteiger partial charge >= 0.3 is 5.97 Å². The van der Waals surface area contributed by atoms with Crippen molar-refractivity contribution in [2.45, 2.75) is 18.4 Å². The quantitative estimate of drug-likeness (QED) is 0.657. The van der Waals surface area contributed by atoms with Crippen molar-refractivity contribution in [1.29, 1.82) is 0 Å². The molecule has 0 aliphatic rings. The van der Waals surface area contributed by atoms with Crippen LogP contribution in [0.5, 0.6) is 5.75 Å². The van der Waals surface area contributed by atoms with E-state index in [0.29, 0.717) is 5.56 Å². The van der Waals surface area contributed by atoms with Gasteiger partial charge in [0.25, 0.3) is 0 Å². The molecule has 2 unspecified atom stereocenters. The fraction of sp³-hybridized carbons (Fsp3) is 0.250. The van der Waals surface area contributed by atoms with Crippen molar-refractivity contribution in [3.8, 4) is 5.75 Å². The molecule has 0 fully saturated rings. The molecule has 0 aliphatic carbocycles. The third-order valence-electron chi connectivity index (χ3n) is 2.47. The highest BCUT2D eigenvalue weighted by Crippen LogP contribution is 2.30. The summed E-state index contributed by atoms with van der Waals surface area (Å²) >= 11 is 0. The maximum Gasteiger partial charge on any atom is 0.304 e. The van der Waals surface area contributed by atoms with Gasteiger partial charge in [0, 0.05) is 12.0 Å². The molecule has 0 radical (unpaired) electrons. The van der Waals surface area contributed by atoms with Crippen LogP contribution in [-0.2, 0) is 4.79 Å². The van der Waals surface area contributed by atoms with Crippen LogP contribution in [0.3, 0.4) is 0 Å². The topological polar surface area (TPSA) is 83.6 Å². The zero-order valence-electron chi connectivity index (χ0n) is 8.84. The molecule has 0 aromatic heterocycles. The summed E-state index contributed by atoms with van der Waals surface area (Å²) in [5, 5.41) is 18.5. The molecule has 4 nitrogen and oxygen atoms in total. The number of carboxylic acid groups (broad SMARTS) is 1. The highest BCUT2D eigenvalue weighted by Gasteiger charge is 2.23. The van der Waals surface area contributed by atoms with Gasteiger partial charge in [0.15, 0.2) is 0 Å². The summed E-state index contributed by atoms with van der Waals surface area (Å²) in [6, 6.07) is 6.10. The Bertz CT molecular complexity index is 390. The third kappa shape index (κ3) is 2.84. The fourth-order valence-corrected chi connectivity index (χ4v) is 1.61. The van der Waals surface area contributed by atoms with E-state index in [-0.39, 0.29) is 12.2 Å². The van der Waals surface area contributed by atoms with Crippen LogP contribution < -0.4 is 5.73 Å². The van der Waals surface area contributed by atoms with Crippen molar-refractivity contribution in [2.75, 3.05) is 0 Å². The van der Waals surface area contributed by atoms with E-state index in [1.165, 1.54) is 12.1 Å². The minimum atomic E-state index is -0.953. The molecule has 0 saturated carbocycles. The van der Waals surface area contributed by atoms with Crippen molar-refractivity contribution in [3.63, 3.8) is 0 Å². The average molecular weight is 221 g/mol. The van der Waals surface area contributed by atoms with Gasteiger partial charge in [-0.25, -0.2) is 0 Å². The van der Waals surface area contributed by atoms with E-state index in [0.717, 1.165) is 0 Å². The van der Waals surface area contributed by atoms with Gasteiger partial charge in [-0.3, -0.25) is 4.79 Å². The van der Waals surface area contributed by atoms with Crippen LogP contribution in [0.25, 0.3) is 0 Å². The van der Waals surface area contributed by atoms with Gasteiger partial charge in [0.2, 0.25) is 0 Å². The highest BCUT2D eigenvalue weighted by molar-refractivity contribution is 5.68. The zero-order valence-corrected chi connectivity index (χ0v) is 8.84. The number of aliphatic carboxylic acids is 1. The predicted octanol–water partition coefficient (Wildman–Crippen LogP) is 1.46. The normalized spacial score (nSPS) is 14.1. The smallest absolute Gasteiger partial charge is 0.304 e. The SMILES string of the molecule is C=CC(N)C(CC(=O)O)c1ccccc1O. The molecule has 4 heteroatoms. The molecular weight excluding hydrogens is 206 g/mol. The lowest BCUT2D eigenvalue weighted by atomic mass is 9.88. The maximum absolute atomic E-state index is 10.7. The number of rotatable bonds is 5. The summed E-state index contributed by atoms with van der Waals surface area (Å²) < 4.78 is 0. The van der Waals surface area contributed by atoms with Crippen molar-refractivity contribution >= 4 is 5.97 Å². The minimum Gasteiger partial charge on any atom is -0.508 e. The molecule has 16 heavy (non-hydrogen) atoms. The molecule has 1 aromatic rings. The fourth-order valence-electron chi connectivity index (χ4n) is 1.61. The Hall–Kier alpha value is -1.81. The molecule has 0 spiro atoms. The second-order valence-corrected chi connectivity index (χ2v) is 3.58. The number of phenolic OH excluding ortho intramolecular Hbond substituents is 1. The first kappa shape index (κ1) is 12.3. The summed E-state index contributed by atoms with van der Waals surface area (Å²) in [6.45, 7) is 3.54. The Morgan fingerprint density at radius 1 is 1.50 bits per heavy atom. The highest BCUT2D eigenvalue weighted by atomic mass is 16.4. The lowest BCUT2D eigenvalue weighted by Crippen LogP contribution is -2.28. The van der Waals surface area contributed by atoms with Gasteiger partial charge in [-0.1, -0.05) is 24.3 Å². The van der Waals surface area contributed by atoms with Crippen LogP contribution in [-0.4, -0.2) is 22.2 Å². The Kier molecular flexibility index (Phi) is 4.08. The number of benzene rings is 1. The molecule has 1 rings (SSSR count). The van der Waals surface area contributed by atoms with Gasteiger partial charge in [0.05, 0.1) is 6.42 Å². The van der Waals surface area contributed by atoms with Crippen LogP contribution in [0.15, 0.2) is 36.9 Å². The Morgan fingerprint density at radius 3 is 2.62 bits per heavy atom. The number of phenols is 1. The van der Waals surface area contributed by atoms with E-state index in [1.54, 1.807) is 18.2 Å². The van der Waals surface area contributed by atoms with Crippen molar-refractivity contribution in [2.24, 2.45) is 5.73 Å². The average Bonchev–Trinajstić information content (AvgIpc) is 2.26. The molecule has 0 heterocycles. The summed E-state index contributed by atoms with van der Waals surface area (Å²) in [5.41, 5.74) is 6.31. The maximum atomic E-state index is 10.7. The minimum absolute atomic E-state index is 0.0612. The van der Waals surface area contributed by atoms with Crippen molar-refractivity contribution in [3.05, 3.63) is 42.5 Å². The van der Waals surface area contributed by atoms with Gasteiger partial charge in [-0.2, -0.15) is 0 Å². The first-order valence-electron chi connectivity index (χ1n) is 4.94.